The van der Waals surface area contributed by atoms with E-state index in [1.54, 1.807) is 0 Å². The van der Waals surface area contributed by atoms with Crippen LogP contribution in [0.5, 0.6) is 0 Å². The van der Waals surface area contributed by atoms with Gasteiger partial charge in [0.05, 0.1) is 6.10 Å². The molecule has 0 fully saturated rings. The Morgan fingerprint density at radius 2 is 1.84 bits per heavy atom. The summed E-state index contributed by atoms with van der Waals surface area (Å²) in [4.78, 5) is 2.17. The maximum atomic E-state index is 10.3. The Morgan fingerprint density at radius 1 is 1.16 bits per heavy atom. The van der Waals surface area contributed by atoms with Gasteiger partial charge in [0.2, 0.25) is 0 Å². The molecular formula is C17H27NO. The summed E-state index contributed by atoms with van der Waals surface area (Å²) in [6.45, 7) is 3.03. The molecule has 0 saturated heterocycles. The molecular weight excluding hydrogens is 234 g/mol. The molecule has 0 radical (unpaired) electrons. The van der Waals surface area contributed by atoms with Gasteiger partial charge < -0.3 is 10.0 Å². The summed E-state index contributed by atoms with van der Waals surface area (Å²) >= 11 is 0. The highest BCUT2D eigenvalue weighted by Gasteiger charge is 2.16. The van der Waals surface area contributed by atoms with Crippen molar-refractivity contribution in [1.29, 1.82) is 0 Å². The zero-order valence-electron chi connectivity index (χ0n) is 12.4. The lowest BCUT2D eigenvalue weighted by molar-refractivity contribution is 0.112. The third-order valence-corrected chi connectivity index (χ3v) is 3.42. The van der Waals surface area contributed by atoms with Crippen molar-refractivity contribution in [2.75, 3.05) is 20.6 Å². The fraction of sp³-hybridized carbons (Fsp3) is 0.529. The molecule has 1 rings (SSSR count). The highest BCUT2D eigenvalue weighted by molar-refractivity contribution is 5.14. The van der Waals surface area contributed by atoms with Gasteiger partial charge in [-0.05, 0) is 52.4 Å². The van der Waals surface area contributed by atoms with Crippen LogP contribution in [0.25, 0.3) is 0 Å². The molecule has 2 nitrogen and oxygen atoms in total. The minimum Gasteiger partial charge on any atom is -0.393 e. The molecule has 1 aromatic rings. The first kappa shape index (κ1) is 15.9. The summed E-state index contributed by atoms with van der Waals surface area (Å²) in [6.07, 6.45) is 6.71. The van der Waals surface area contributed by atoms with Gasteiger partial charge in [-0.2, -0.15) is 0 Å². The molecule has 0 amide bonds. The Labute approximate surface area is 117 Å². The number of hydrogen-bond donors (Lipinski definition) is 1. The standard InChI is InChI=1S/C17H27NO/c1-4-8-16(13-14-18(2)3)17(19)12-11-15-9-6-5-7-10-15/h4-10,16-17,19H,11-14H2,1-3H3/b8-4+. The zero-order chi connectivity index (χ0) is 14.1. The van der Waals surface area contributed by atoms with Crippen LogP contribution in [0.2, 0.25) is 0 Å². The molecule has 1 aromatic carbocycles. The van der Waals surface area contributed by atoms with Gasteiger partial charge in [-0.3, -0.25) is 0 Å². The predicted octanol–water partition coefficient (Wildman–Crippen LogP) is 3.12. The van der Waals surface area contributed by atoms with E-state index in [0.717, 1.165) is 25.8 Å². The average molecular weight is 261 g/mol. The molecule has 0 saturated carbocycles. The van der Waals surface area contributed by atoms with Gasteiger partial charge in [0, 0.05) is 5.92 Å². The monoisotopic (exact) mass is 261 g/mol. The van der Waals surface area contributed by atoms with E-state index in [0.29, 0.717) is 0 Å². The fourth-order valence-corrected chi connectivity index (χ4v) is 2.24. The highest BCUT2D eigenvalue weighted by atomic mass is 16.3. The molecule has 2 heteroatoms. The molecule has 0 aliphatic heterocycles. The van der Waals surface area contributed by atoms with Crippen molar-refractivity contribution in [3.8, 4) is 0 Å². The Kier molecular flexibility index (Phi) is 7.46. The first-order valence-electron chi connectivity index (χ1n) is 7.13. The number of allylic oxidation sites excluding steroid dienone is 1. The normalized spacial score (nSPS) is 15.0. The first-order valence-corrected chi connectivity index (χ1v) is 7.13. The van der Waals surface area contributed by atoms with Crippen LogP contribution >= 0.6 is 0 Å². The van der Waals surface area contributed by atoms with Crippen LogP contribution in [0.4, 0.5) is 0 Å². The van der Waals surface area contributed by atoms with Crippen molar-refractivity contribution in [2.45, 2.75) is 32.3 Å². The molecule has 0 aromatic heterocycles. The third-order valence-electron chi connectivity index (χ3n) is 3.42. The van der Waals surface area contributed by atoms with E-state index in [-0.39, 0.29) is 12.0 Å². The molecule has 0 spiro atoms. The van der Waals surface area contributed by atoms with E-state index in [1.807, 2.05) is 19.1 Å². The van der Waals surface area contributed by atoms with Gasteiger partial charge >= 0.3 is 0 Å². The third kappa shape index (κ3) is 6.55. The number of nitrogens with zero attached hydrogens (tertiary/aromatic N) is 1. The Hall–Kier alpha value is -1.12. The molecule has 2 atom stereocenters. The van der Waals surface area contributed by atoms with E-state index < -0.39 is 0 Å². The topological polar surface area (TPSA) is 23.5 Å². The molecule has 0 heterocycles. The van der Waals surface area contributed by atoms with Gasteiger partial charge in [-0.15, -0.1) is 0 Å². The number of rotatable bonds is 8. The van der Waals surface area contributed by atoms with E-state index >= 15 is 0 Å². The Balaban J connectivity index is 2.45. The second-order valence-electron chi connectivity index (χ2n) is 5.37. The van der Waals surface area contributed by atoms with E-state index in [2.05, 4.69) is 49.3 Å². The smallest absolute Gasteiger partial charge is 0.0606 e. The second-order valence-corrected chi connectivity index (χ2v) is 5.37. The lowest BCUT2D eigenvalue weighted by atomic mass is 9.93. The van der Waals surface area contributed by atoms with Crippen molar-refractivity contribution in [3.63, 3.8) is 0 Å². The molecule has 0 aliphatic rings. The summed E-state index contributed by atoms with van der Waals surface area (Å²) in [7, 11) is 4.14. The van der Waals surface area contributed by atoms with Gasteiger partial charge in [-0.25, -0.2) is 0 Å². The second kappa shape index (κ2) is 8.89. The first-order chi connectivity index (χ1) is 9.13. The average Bonchev–Trinajstić information content (AvgIpc) is 2.41. The molecule has 19 heavy (non-hydrogen) atoms. The molecule has 0 aliphatic carbocycles. The van der Waals surface area contributed by atoms with Crippen LogP contribution in [0.1, 0.15) is 25.3 Å². The van der Waals surface area contributed by atoms with Crippen molar-refractivity contribution < 1.29 is 5.11 Å². The van der Waals surface area contributed by atoms with Crippen LogP contribution < -0.4 is 0 Å². The minimum atomic E-state index is -0.253. The summed E-state index contributed by atoms with van der Waals surface area (Å²) in [5.74, 6) is 0.260. The number of aliphatic hydroxyl groups excluding tert-OH is 1. The van der Waals surface area contributed by atoms with Crippen molar-refractivity contribution >= 4 is 0 Å². The number of aliphatic hydroxyl groups is 1. The van der Waals surface area contributed by atoms with Crippen LogP contribution in [0.3, 0.4) is 0 Å². The SMILES string of the molecule is C/C=C/C(CCN(C)C)C(O)CCc1ccccc1. The Morgan fingerprint density at radius 3 is 2.42 bits per heavy atom. The Bertz CT molecular complexity index is 359. The maximum absolute atomic E-state index is 10.3. The van der Waals surface area contributed by atoms with E-state index in [9.17, 15) is 5.11 Å². The van der Waals surface area contributed by atoms with Crippen molar-refractivity contribution in [2.24, 2.45) is 5.92 Å². The van der Waals surface area contributed by atoms with E-state index in [4.69, 9.17) is 0 Å². The van der Waals surface area contributed by atoms with E-state index in [1.165, 1.54) is 5.56 Å². The summed E-state index contributed by atoms with van der Waals surface area (Å²) in [5.41, 5.74) is 1.30. The number of benzene rings is 1. The van der Waals surface area contributed by atoms with Crippen LogP contribution in [-0.4, -0.2) is 36.8 Å². The fourth-order valence-electron chi connectivity index (χ4n) is 2.24. The summed E-state index contributed by atoms with van der Waals surface area (Å²) < 4.78 is 0. The van der Waals surface area contributed by atoms with Crippen molar-refractivity contribution in [3.05, 3.63) is 48.0 Å². The molecule has 2 unspecified atom stereocenters. The highest BCUT2D eigenvalue weighted by Crippen LogP contribution is 2.17. The predicted molar refractivity (Wildman–Crippen MR) is 82.2 cm³/mol. The molecule has 0 bridgehead atoms. The molecule has 1 N–H and O–H groups in total. The van der Waals surface area contributed by atoms with Crippen molar-refractivity contribution in [1.82, 2.24) is 4.90 Å². The number of hydrogen-bond acceptors (Lipinski definition) is 2. The quantitative estimate of drug-likeness (QED) is 0.727. The van der Waals surface area contributed by atoms with Crippen LogP contribution in [0.15, 0.2) is 42.5 Å². The zero-order valence-corrected chi connectivity index (χ0v) is 12.4. The van der Waals surface area contributed by atoms with Gasteiger partial charge in [-0.1, -0.05) is 42.5 Å². The van der Waals surface area contributed by atoms with Gasteiger partial charge in [0.25, 0.3) is 0 Å². The lowest BCUT2D eigenvalue weighted by Gasteiger charge is -2.21. The van der Waals surface area contributed by atoms with Crippen LogP contribution in [-0.2, 0) is 6.42 Å². The minimum absolute atomic E-state index is 0.253. The summed E-state index contributed by atoms with van der Waals surface area (Å²) in [6, 6.07) is 10.4. The largest absolute Gasteiger partial charge is 0.393 e. The molecule has 106 valence electrons. The maximum Gasteiger partial charge on any atom is 0.0606 e. The van der Waals surface area contributed by atoms with Gasteiger partial charge in [0.15, 0.2) is 0 Å². The number of aryl methyl sites for hydroxylation is 1. The lowest BCUT2D eigenvalue weighted by Crippen LogP contribution is -2.24. The van der Waals surface area contributed by atoms with Crippen LogP contribution in [0, 0.1) is 5.92 Å². The summed E-state index contributed by atoms with van der Waals surface area (Å²) in [5, 5.41) is 10.3. The van der Waals surface area contributed by atoms with Gasteiger partial charge in [0.1, 0.15) is 0 Å².